The molecular formula is C24H22N4O4. The van der Waals surface area contributed by atoms with Gasteiger partial charge < -0.3 is 20.1 Å². The first kappa shape index (κ1) is 20.9. The normalized spacial score (nSPS) is 10.5. The molecule has 2 N–H and O–H groups in total. The van der Waals surface area contributed by atoms with Gasteiger partial charge in [0, 0.05) is 23.6 Å². The number of rotatable bonds is 7. The number of hydrogen-bond donors (Lipinski definition) is 2. The third-order valence-corrected chi connectivity index (χ3v) is 4.55. The molecule has 2 heterocycles. The average molecular weight is 430 g/mol. The zero-order chi connectivity index (χ0) is 22.3. The Morgan fingerprint density at radius 2 is 1.53 bits per heavy atom. The van der Waals surface area contributed by atoms with Crippen LogP contribution in [0.4, 0.5) is 16.2 Å². The largest absolute Gasteiger partial charge is 0.494 e. The van der Waals surface area contributed by atoms with Crippen LogP contribution in [0.25, 0.3) is 5.65 Å². The molecule has 0 spiro atoms. The zero-order valence-corrected chi connectivity index (χ0v) is 17.4. The van der Waals surface area contributed by atoms with Gasteiger partial charge >= 0.3 is 6.03 Å². The van der Waals surface area contributed by atoms with Gasteiger partial charge in [0.25, 0.3) is 5.56 Å². The highest BCUT2D eigenvalue weighted by molar-refractivity contribution is 5.99. The van der Waals surface area contributed by atoms with Gasteiger partial charge in [-0.3, -0.25) is 9.20 Å². The molecule has 0 radical (unpaired) electrons. The molecule has 8 heteroatoms. The van der Waals surface area contributed by atoms with Crippen molar-refractivity contribution < 1.29 is 14.3 Å². The van der Waals surface area contributed by atoms with Crippen molar-refractivity contribution in [1.82, 2.24) is 9.38 Å². The molecule has 0 bridgehead atoms. The van der Waals surface area contributed by atoms with Crippen LogP contribution >= 0.6 is 0 Å². The van der Waals surface area contributed by atoms with E-state index >= 15 is 0 Å². The summed E-state index contributed by atoms with van der Waals surface area (Å²) in [5, 5.41) is 5.53. The van der Waals surface area contributed by atoms with E-state index in [-0.39, 0.29) is 18.2 Å². The van der Waals surface area contributed by atoms with Crippen LogP contribution in [0.5, 0.6) is 11.5 Å². The first-order valence-electron chi connectivity index (χ1n) is 10.1. The number of benzene rings is 2. The van der Waals surface area contributed by atoms with E-state index in [4.69, 9.17) is 9.47 Å². The van der Waals surface area contributed by atoms with Gasteiger partial charge in [0.1, 0.15) is 23.8 Å². The maximum absolute atomic E-state index is 12.2. The summed E-state index contributed by atoms with van der Waals surface area (Å²) in [5.74, 6) is 1.34. The van der Waals surface area contributed by atoms with Crippen molar-refractivity contribution in [3.05, 3.63) is 95.0 Å². The second kappa shape index (κ2) is 9.65. The number of fused-ring (bicyclic) bond motifs is 1. The Hall–Kier alpha value is -4.33. The lowest BCUT2D eigenvalue weighted by molar-refractivity contribution is 0.262. The Kier molecular flexibility index (Phi) is 6.31. The number of amides is 2. The second-order valence-electron chi connectivity index (χ2n) is 6.86. The van der Waals surface area contributed by atoms with Crippen molar-refractivity contribution in [2.75, 3.05) is 17.2 Å². The van der Waals surface area contributed by atoms with Gasteiger partial charge in [-0.2, -0.15) is 0 Å². The van der Waals surface area contributed by atoms with E-state index in [2.05, 4.69) is 15.6 Å². The van der Waals surface area contributed by atoms with Crippen molar-refractivity contribution in [2.45, 2.75) is 13.5 Å². The molecule has 0 aliphatic heterocycles. The minimum absolute atomic E-state index is 0.158. The fourth-order valence-corrected chi connectivity index (χ4v) is 3.06. The Bertz CT molecular complexity index is 1270. The molecule has 2 aromatic carbocycles. The van der Waals surface area contributed by atoms with Crippen LogP contribution < -0.4 is 25.7 Å². The van der Waals surface area contributed by atoms with E-state index < -0.39 is 0 Å². The summed E-state index contributed by atoms with van der Waals surface area (Å²) >= 11 is 0. The number of hydrogen-bond acceptors (Lipinski definition) is 5. The van der Waals surface area contributed by atoms with Crippen molar-refractivity contribution in [3.8, 4) is 11.5 Å². The monoisotopic (exact) mass is 430 g/mol. The molecule has 0 saturated carbocycles. The summed E-state index contributed by atoms with van der Waals surface area (Å²) in [4.78, 5) is 28.8. The predicted octanol–water partition coefficient (Wildman–Crippen LogP) is 4.32. The van der Waals surface area contributed by atoms with Gasteiger partial charge in [-0.05, 0) is 67.6 Å². The van der Waals surface area contributed by atoms with E-state index in [9.17, 15) is 9.59 Å². The number of pyridine rings is 1. The molecule has 0 aliphatic rings. The fraction of sp³-hybridized carbons (Fsp3) is 0.125. The Morgan fingerprint density at radius 3 is 2.16 bits per heavy atom. The highest BCUT2D eigenvalue weighted by atomic mass is 16.5. The molecule has 4 aromatic rings. The van der Waals surface area contributed by atoms with E-state index in [1.807, 2.05) is 13.0 Å². The van der Waals surface area contributed by atoms with Crippen molar-refractivity contribution in [1.29, 1.82) is 0 Å². The van der Waals surface area contributed by atoms with Gasteiger partial charge in [0.05, 0.1) is 12.3 Å². The molecule has 2 aromatic heterocycles. The van der Waals surface area contributed by atoms with Crippen LogP contribution in [0, 0.1) is 0 Å². The number of urea groups is 1. The van der Waals surface area contributed by atoms with Crippen LogP contribution in [-0.2, 0) is 6.61 Å². The summed E-state index contributed by atoms with van der Waals surface area (Å²) < 4.78 is 12.6. The summed E-state index contributed by atoms with van der Waals surface area (Å²) in [6, 6.07) is 20.5. The van der Waals surface area contributed by atoms with Crippen LogP contribution in [0.3, 0.4) is 0 Å². The van der Waals surface area contributed by atoms with Crippen LogP contribution in [0.15, 0.2) is 83.8 Å². The molecule has 8 nitrogen and oxygen atoms in total. The molecule has 0 aliphatic carbocycles. The number of nitrogens with one attached hydrogen (secondary N) is 2. The maximum Gasteiger partial charge on any atom is 0.323 e. The van der Waals surface area contributed by atoms with Crippen LogP contribution in [-0.4, -0.2) is 22.0 Å². The average Bonchev–Trinajstić information content (AvgIpc) is 2.80. The fourth-order valence-electron chi connectivity index (χ4n) is 3.06. The summed E-state index contributed by atoms with van der Waals surface area (Å²) in [7, 11) is 0. The molecule has 2 amide bonds. The molecular weight excluding hydrogens is 408 g/mol. The molecule has 0 atom stereocenters. The van der Waals surface area contributed by atoms with Crippen molar-refractivity contribution in [3.63, 3.8) is 0 Å². The van der Waals surface area contributed by atoms with E-state index in [0.717, 1.165) is 5.75 Å². The SMILES string of the molecule is CCOc1ccc(NC(=O)Nc2ccc(OCc3cc(=O)n4ccccc4n3)cc2)cc1. The molecule has 4 rings (SSSR count). The zero-order valence-electron chi connectivity index (χ0n) is 17.4. The van der Waals surface area contributed by atoms with E-state index in [1.165, 1.54) is 10.5 Å². The van der Waals surface area contributed by atoms with E-state index in [0.29, 0.717) is 35.1 Å². The molecule has 32 heavy (non-hydrogen) atoms. The van der Waals surface area contributed by atoms with Gasteiger partial charge in [-0.15, -0.1) is 0 Å². The molecule has 0 saturated heterocycles. The van der Waals surface area contributed by atoms with Crippen LogP contribution in [0.2, 0.25) is 0 Å². The predicted molar refractivity (Wildman–Crippen MR) is 122 cm³/mol. The summed E-state index contributed by atoms with van der Waals surface area (Å²) in [5.41, 5.74) is 2.22. The quantitative estimate of drug-likeness (QED) is 0.456. The Morgan fingerprint density at radius 1 is 0.906 bits per heavy atom. The van der Waals surface area contributed by atoms with E-state index in [1.54, 1.807) is 66.9 Å². The summed E-state index contributed by atoms with van der Waals surface area (Å²) in [6.07, 6.45) is 1.67. The Balaban J connectivity index is 1.32. The number of carbonyl (C=O) groups excluding carboxylic acids is 1. The lowest BCUT2D eigenvalue weighted by Crippen LogP contribution is -2.19. The van der Waals surface area contributed by atoms with Gasteiger partial charge in [0.2, 0.25) is 0 Å². The third-order valence-electron chi connectivity index (χ3n) is 4.55. The topological polar surface area (TPSA) is 94.0 Å². The number of ether oxygens (including phenoxy) is 2. The minimum atomic E-state index is -0.358. The minimum Gasteiger partial charge on any atom is -0.494 e. The second-order valence-corrected chi connectivity index (χ2v) is 6.86. The van der Waals surface area contributed by atoms with Gasteiger partial charge in [0.15, 0.2) is 0 Å². The van der Waals surface area contributed by atoms with Crippen LogP contribution in [0.1, 0.15) is 12.6 Å². The highest BCUT2D eigenvalue weighted by Crippen LogP contribution is 2.18. The van der Waals surface area contributed by atoms with Crippen molar-refractivity contribution >= 4 is 23.1 Å². The maximum atomic E-state index is 12.2. The lowest BCUT2D eigenvalue weighted by atomic mass is 10.3. The first-order valence-corrected chi connectivity index (χ1v) is 10.1. The first-order chi connectivity index (χ1) is 15.6. The number of nitrogens with zero attached hydrogens (tertiary/aromatic N) is 2. The molecule has 0 unspecified atom stereocenters. The van der Waals surface area contributed by atoms with Crippen molar-refractivity contribution in [2.24, 2.45) is 0 Å². The number of aromatic nitrogens is 2. The number of carbonyl (C=O) groups is 1. The lowest BCUT2D eigenvalue weighted by Gasteiger charge is -2.10. The summed E-state index contributed by atoms with van der Waals surface area (Å²) in [6.45, 7) is 2.66. The number of anilines is 2. The molecule has 162 valence electrons. The Labute approximate surface area is 184 Å². The van der Waals surface area contributed by atoms with Gasteiger partial charge in [-0.1, -0.05) is 6.07 Å². The smallest absolute Gasteiger partial charge is 0.323 e. The van der Waals surface area contributed by atoms with Gasteiger partial charge in [-0.25, -0.2) is 9.78 Å². The molecule has 0 fully saturated rings. The third kappa shape index (κ3) is 5.23. The standard InChI is InChI=1S/C24H22N4O4/c1-2-31-20-10-6-17(7-11-20)26-24(30)27-18-8-12-21(13-9-18)32-16-19-15-23(29)28-14-4-3-5-22(28)25-19/h3-15H,2,16H2,1H3,(H2,26,27,30). The highest BCUT2D eigenvalue weighted by Gasteiger charge is 2.05.